The van der Waals surface area contributed by atoms with Gasteiger partial charge in [0.05, 0.1) is 0 Å². The first-order chi connectivity index (χ1) is 3.72. The Morgan fingerprint density at radius 2 is 1.67 bits per heavy atom. The zero-order chi connectivity index (χ0) is 6.15. The molecule has 0 aromatic rings. The van der Waals surface area contributed by atoms with Gasteiger partial charge in [-0.2, -0.15) is 5.06 Å². The minimum absolute atomic E-state index is 0. The SMILES string of the molecule is O=C1CCC(=O)N1O.[H-].[Li+]. The van der Waals surface area contributed by atoms with E-state index < -0.39 is 11.8 Å². The molecule has 4 nitrogen and oxygen atoms in total. The monoisotopic (exact) mass is 123 g/mol. The van der Waals surface area contributed by atoms with Crippen LogP contribution in [0.1, 0.15) is 14.3 Å². The molecule has 0 radical (unpaired) electrons. The maximum atomic E-state index is 10.2. The number of hydrogen-bond acceptors (Lipinski definition) is 3. The predicted molar refractivity (Wildman–Crippen MR) is 24.0 cm³/mol. The Kier molecular flexibility index (Phi) is 2.92. The maximum absolute atomic E-state index is 10.2. The Balaban J connectivity index is 0. The van der Waals surface area contributed by atoms with Gasteiger partial charge in [0, 0.05) is 12.8 Å². The van der Waals surface area contributed by atoms with Crippen LogP contribution >= 0.6 is 0 Å². The van der Waals surface area contributed by atoms with Crippen molar-refractivity contribution in [3.8, 4) is 0 Å². The molecule has 1 fully saturated rings. The van der Waals surface area contributed by atoms with Gasteiger partial charge in [-0.15, -0.1) is 0 Å². The molecule has 0 aromatic carbocycles. The van der Waals surface area contributed by atoms with E-state index >= 15 is 0 Å². The number of nitrogens with zero attached hydrogens (tertiary/aromatic N) is 1. The average molecular weight is 123 g/mol. The topological polar surface area (TPSA) is 57.6 Å². The van der Waals surface area contributed by atoms with Crippen LogP contribution in [0.4, 0.5) is 0 Å². The summed E-state index contributed by atoms with van der Waals surface area (Å²) in [6.45, 7) is 0. The third kappa shape index (κ3) is 1.55. The molecular formula is C4H6LiNO3. The number of hydrogen-bond donors (Lipinski definition) is 1. The second kappa shape index (κ2) is 3.02. The van der Waals surface area contributed by atoms with Gasteiger partial charge in [0.2, 0.25) is 0 Å². The molecule has 1 N–H and O–H groups in total. The van der Waals surface area contributed by atoms with Gasteiger partial charge in [-0.1, -0.05) is 0 Å². The minimum atomic E-state index is -0.505. The minimum Gasteiger partial charge on any atom is -1.00 e. The molecule has 0 aliphatic carbocycles. The van der Waals surface area contributed by atoms with Crippen LogP contribution in [-0.2, 0) is 9.59 Å². The summed E-state index contributed by atoms with van der Waals surface area (Å²) in [5, 5.41) is 8.57. The number of hydroxylamine groups is 2. The van der Waals surface area contributed by atoms with Gasteiger partial charge < -0.3 is 1.43 Å². The van der Waals surface area contributed by atoms with E-state index in [1.54, 1.807) is 0 Å². The molecule has 0 unspecified atom stereocenters. The Labute approximate surface area is 65.4 Å². The average Bonchev–Trinajstić information content (AvgIpc) is 1.98. The van der Waals surface area contributed by atoms with Crippen molar-refractivity contribution in [2.75, 3.05) is 0 Å². The number of carbonyl (C=O) groups excluding carboxylic acids is 2. The van der Waals surface area contributed by atoms with Gasteiger partial charge in [0.25, 0.3) is 11.8 Å². The van der Waals surface area contributed by atoms with E-state index in [4.69, 9.17) is 5.21 Å². The molecule has 1 saturated heterocycles. The fraction of sp³-hybridized carbons (Fsp3) is 0.500. The number of imide groups is 1. The van der Waals surface area contributed by atoms with Crippen LogP contribution in [0.25, 0.3) is 0 Å². The van der Waals surface area contributed by atoms with Crippen molar-refractivity contribution in [3.05, 3.63) is 0 Å². The molecule has 2 amide bonds. The van der Waals surface area contributed by atoms with Gasteiger partial charge in [0.1, 0.15) is 0 Å². The standard InChI is InChI=1S/C4H5NO3.Li.H/c6-3-1-2-4(7)5(3)8;;/h8H,1-2H2;;/q;+1;-1. The quantitative estimate of drug-likeness (QED) is 0.208. The van der Waals surface area contributed by atoms with Crippen molar-refractivity contribution < 1.29 is 35.1 Å². The number of carbonyl (C=O) groups is 2. The summed E-state index contributed by atoms with van der Waals surface area (Å²) in [5.74, 6) is -1.01. The molecule has 0 aromatic heterocycles. The van der Waals surface area contributed by atoms with Gasteiger partial charge in [-0.25, -0.2) is 0 Å². The van der Waals surface area contributed by atoms with E-state index in [9.17, 15) is 9.59 Å². The first-order valence-corrected chi connectivity index (χ1v) is 2.26. The van der Waals surface area contributed by atoms with Gasteiger partial charge >= 0.3 is 18.9 Å². The van der Waals surface area contributed by atoms with E-state index in [0.717, 1.165) is 0 Å². The Bertz CT molecular complexity index is 135. The van der Waals surface area contributed by atoms with Crippen molar-refractivity contribution in [2.45, 2.75) is 12.8 Å². The summed E-state index contributed by atoms with van der Waals surface area (Å²) >= 11 is 0. The Morgan fingerprint density at radius 1 is 1.33 bits per heavy atom. The van der Waals surface area contributed by atoms with Crippen LogP contribution in [0, 0.1) is 0 Å². The van der Waals surface area contributed by atoms with Crippen LogP contribution in [-0.4, -0.2) is 22.1 Å². The van der Waals surface area contributed by atoms with Crippen LogP contribution in [0.15, 0.2) is 0 Å². The largest absolute Gasteiger partial charge is 1.00 e. The second-order valence-electron chi connectivity index (χ2n) is 1.60. The summed E-state index contributed by atoms with van der Waals surface area (Å²) < 4.78 is 0. The van der Waals surface area contributed by atoms with Crippen molar-refractivity contribution in [1.29, 1.82) is 0 Å². The molecule has 5 heteroatoms. The van der Waals surface area contributed by atoms with Gasteiger partial charge in [-0.3, -0.25) is 14.8 Å². The molecule has 0 saturated carbocycles. The van der Waals surface area contributed by atoms with E-state index in [1.807, 2.05) is 0 Å². The number of amides is 2. The van der Waals surface area contributed by atoms with Crippen molar-refractivity contribution in [2.24, 2.45) is 0 Å². The molecule has 1 heterocycles. The predicted octanol–water partition coefficient (Wildman–Crippen LogP) is -3.36. The molecule has 1 rings (SSSR count). The fourth-order valence-corrected chi connectivity index (χ4v) is 0.565. The summed E-state index contributed by atoms with van der Waals surface area (Å²) in [5.41, 5.74) is 0. The third-order valence-electron chi connectivity index (χ3n) is 1.03. The molecule has 9 heavy (non-hydrogen) atoms. The Hall–Kier alpha value is -0.303. The van der Waals surface area contributed by atoms with E-state index in [1.165, 1.54) is 0 Å². The van der Waals surface area contributed by atoms with Crippen LogP contribution in [0.5, 0.6) is 0 Å². The van der Waals surface area contributed by atoms with Crippen molar-refractivity contribution in [3.63, 3.8) is 0 Å². The zero-order valence-electron chi connectivity index (χ0n) is 6.13. The maximum Gasteiger partial charge on any atom is 1.00 e. The van der Waals surface area contributed by atoms with Gasteiger partial charge in [-0.05, 0) is 0 Å². The second-order valence-corrected chi connectivity index (χ2v) is 1.60. The molecule has 1 aliphatic rings. The molecule has 0 spiro atoms. The zero-order valence-corrected chi connectivity index (χ0v) is 5.13. The molecular weight excluding hydrogens is 117 g/mol. The van der Waals surface area contributed by atoms with Gasteiger partial charge in [0.15, 0.2) is 0 Å². The first kappa shape index (κ1) is 8.70. The fourth-order valence-electron chi connectivity index (χ4n) is 0.565. The van der Waals surface area contributed by atoms with Crippen molar-refractivity contribution >= 4 is 11.8 Å². The van der Waals surface area contributed by atoms with Crippen LogP contribution in [0.2, 0.25) is 0 Å². The van der Waals surface area contributed by atoms with E-state index in [2.05, 4.69) is 0 Å². The first-order valence-electron chi connectivity index (χ1n) is 2.26. The number of rotatable bonds is 0. The van der Waals surface area contributed by atoms with E-state index in [-0.39, 0.29) is 38.2 Å². The Morgan fingerprint density at radius 3 is 1.78 bits per heavy atom. The van der Waals surface area contributed by atoms with Crippen molar-refractivity contribution in [1.82, 2.24) is 5.06 Å². The summed E-state index contributed by atoms with van der Waals surface area (Å²) in [6, 6.07) is 0. The summed E-state index contributed by atoms with van der Waals surface area (Å²) in [4.78, 5) is 20.5. The van der Waals surface area contributed by atoms with Crippen LogP contribution < -0.4 is 18.9 Å². The molecule has 0 bridgehead atoms. The molecule has 0 atom stereocenters. The normalized spacial score (nSPS) is 18.1. The smallest absolute Gasteiger partial charge is 1.00 e. The van der Waals surface area contributed by atoms with E-state index in [0.29, 0.717) is 0 Å². The van der Waals surface area contributed by atoms with Crippen LogP contribution in [0.3, 0.4) is 0 Å². The third-order valence-corrected chi connectivity index (χ3v) is 1.03. The molecule has 46 valence electrons. The molecule has 1 aliphatic heterocycles. The summed E-state index contributed by atoms with van der Waals surface area (Å²) in [7, 11) is 0. The summed E-state index contributed by atoms with van der Waals surface area (Å²) in [6.07, 6.45) is 0.296.